The molecule has 0 aliphatic heterocycles. The highest BCUT2D eigenvalue weighted by Gasteiger charge is 2.16. The third-order valence-corrected chi connectivity index (χ3v) is 8.84. The Hall–Kier alpha value is -6.06. The van der Waals surface area contributed by atoms with E-state index >= 15 is 0 Å². The van der Waals surface area contributed by atoms with Gasteiger partial charge in [0.2, 0.25) is 0 Å². The predicted octanol–water partition coefficient (Wildman–Crippen LogP) is 10.9. The third kappa shape index (κ3) is 4.29. The lowest BCUT2D eigenvalue weighted by Crippen LogP contribution is -1.89. The van der Waals surface area contributed by atoms with E-state index in [4.69, 9.17) is 9.97 Å². The van der Waals surface area contributed by atoms with Gasteiger partial charge in [-0.1, -0.05) is 121 Å². The van der Waals surface area contributed by atoms with Crippen LogP contribution in [-0.4, -0.2) is 14.4 Å². The van der Waals surface area contributed by atoms with Crippen molar-refractivity contribution >= 4 is 38.2 Å². The number of pyridine rings is 2. The van der Waals surface area contributed by atoms with E-state index < -0.39 is 0 Å². The van der Waals surface area contributed by atoms with E-state index in [9.17, 15) is 0 Å². The van der Waals surface area contributed by atoms with E-state index in [0.29, 0.717) is 0 Å². The molecule has 9 rings (SSSR count). The maximum absolute atomic E-state index is 5.23. The van der Waals surface area contributed by atoms with E-state index in [1.54, 1.807) is 0 Å². The molecule has 3 nitrogen and oxygen atoms in total. The van der Waals surface area contributed by atoms with Crippen molar-refractivity contribution in [3.8, 4) is 44.6 Å². The molecule has 3 aromatic heterocycles. The Balaban J connectivity index is 1.19. The van der Waals surface area contributed by atoms with Crippen molar-refractivity contribution in [1.82, 2.24) is 14.4 Å². The smallest absolute Gasteiger partial charge is 0.138 e. The van der Waals surface area contributed by atoms with Gasteiger partial charge in [0, 0.05) is 34.3 Å². The first-order chi connectivity index (χ1) is 22.3. The summed E-state index contributed by atoms with van der Waals surface area (Å²) < 4.78 is 2.24. The lowest BCUT2D eigenvalue weighted by molar-refractivity contribution is 1.23. The minimum absolute atomic E-state index is 0.938. The maximum atomic E-state index is 5.23. The van der Waals surface area contributed by atoms with Gasteiger partial charge in [-0.3, -0.25) is 9.38 Å². The standard InChI is InChI=1S/C42H27N3/c1-3-10-28(11-4-1)30-14-9-15-31(24-30)32-22-23-45-40(26-32)44-41-36-17-8-7-16-35(36)38-25-33(18-20-37(38)42(41)45)39-21-19-34(27-43-39)29-12-5-2-6-13-29/h1-27H. The first-order valence-electron chi connectivity index (χ1n) is 15.2. The number of hydrogen-bond donors (Lipinski definition) is 0. The molecule has 0 unspecified atom stereocenters. The van der Waals surface area contributed by atoms with Gasteiger partial charge in [0.25, 0.3) is 0 Å². The van der Waals surface area contributed by atoms with Crippen LogP contribution in [0.15, 0.2) is 164 Å². The number of aromatic nitrogens is 3. The van der Waals surface area contributed by atoms with E-state index in [0.717, 1.165) is 44.5 Å². The highest BCUT2D eigenvalue weighted by Crippen LogP contribution is 2.38. The van der Waals surface area contributed by atoms with Crippen molar-refractivity contribution in [3.63, 3.8) is 0 Å². The number of hydrogen-bond acceptors (Lipinski definition) is 2. The molecule has 9 aromatic rings. The van der Waals surface area contributed by atoms with Crippen molar-refractivity contribution in [2.75, 3.05) is 0 Å². The maximum Gasteiger partial charge on any atom is 0.138 e. The molecule has 0 atom stereocenters. The molecule has 0 saturated heterocycles. The first kappa shape index (κ1) is 25.4. The van der Waals surface area contributed by atoms with Gasteiger partial charge in [0.15, 0.2) is 0 Å². The van der Waals surface area contributed by atoms with Crippen LogP contribution in [0.4, 0.5) is 0 Å². The molecule has 0 saturated carbocycles. The minimum atomic E-state index is 0.938. The van der Waals surface area contributed by atoms with Crippen molar-refractivity contribution in [2.45, 2.75) is 0 Å². The average Bonchev–Trinajstić information content (AvgIpc) is 3.52. The third-order valence-electron chi connectivity index (χ3n) is 8.84. The normalized spacial score (nSPS) is 11.6. The Morgan fingerprint density at radius 2 is 1.04 bits per heavy atom. The Morgan fingerprint density at radius 3 is 1.80 bits per heavy atom. The summed E-state index contributed by atoms with van der Waals surface area (Å²) in [5, 5.41) is 4.73. The second-order valence-corrected chi connectivity index (χ2v) is 11.5. The average molecular weight is 574 g/mol. The molecule has 0 aliphatic carbocycles. The Morgan fingerprint density at radius 1 is 0.400 bits per heavy atom. The molecule has 0 N–H and O–H groups in total. The lowest BCUT2D eigenvalue weighted by atomic mass is 9.97. The van der Waals surface area contributed by atoms with Crippen LogP contribution in [0.5, 0.6) is 0 Å². The van der Waals surface area contributed by atoms with E-state index in [1.807, 2.05) is 12.3 Å². The van der Waals surface area contributed by atoms with E-state index in [-0.39, 0.29) is 0 Å². The molecule has 3 heteroatoms. The quantitative estimate of drug-likeness (QED) is 0.196. The molecular formula is C42H27N3. The predicted molar refractivity (Wildman–Crippen MR) is 187 cm³/mol. The van der Waals surface area contributed by atoms with Crippen molar-refractivity contribution in [3.05, 3.63) is 164 Å². The molecule has 0 radical (unpaired) electrons. The summed E-state index contributed by atoms with van der Waals surface area (Å²) in [5.41, 5.74) is 12.2. The largest absolute Gasteiger partial charge is 0.299 e. The van der Waals surface area contributed by atoms with E-state index in [1.165, 1.54) is 38.4 Å². The van der Waals surface area contributed by atoms with Crippen LogP contribution >= 0.6 is 0 Å². The summed E-state index contributed by atoms with van der Waals surface area (Å²) in [7, 11) is 0. The Labute approximate surface area is 260 Å². The van der Waals surface area contributed by atoms with Crippen LogP contribution in [0, 0.1) is 0 Å². The summed E-state index contributed by atoms with van der Waals surface area (Å²) in [5.74, 6) is 0. The van der Waals surface area contributed by atoms with Crippen LogP contribution in [0.1, 0.15) is 0 Å². The Kier molecular flexibility index (Phi) is 5.82. The monoisotopic (exact) mass is 573 g/mol. The number of fused-ring (bicyclic) bond motifs is 8. The zero-order chi connectivity index (χ0) is 29.7. The van der Waals surface area contributed by atoms with Crippen molar-refractivity contribution in [1.29, 1.82) is 0 Å². The van der Waals surface area contributed by atoms with Gasteiger partial charge in [-0.05, 0) is 68.9 Å². The zero-order valence-corrected chi connectivity index (χ0v) is 24.4. The lowest BCUT2D eigenvalue weighted by Gasteiger charge is -2.10. The fraction of sp³-hybridized carbons (Fsp3) is 0. The highest BCUT2D eigenvalue weighted by atomic mass is 15.0. The molecule has 0 amide bonds. The zero-order valence-electron chi connectivity index (χ0n) is 24.4. The van der Waals surface area contributed by atoms with Crippen LogP contribution < -0.4 is 0 Å². The molecule has 45 heavy (non-hydrogen) atoms. The highest BCUT2D eigenvalue weighted by molar-refractivity contribution is 6.24. The first-order valence-corrected chi connectivity index (χ1v) is 15.2. The Bertz CT molecular complexity index is 2510. The summed E-state index contributed by atoms with van der Waals surface area (Å²) in [6, 6.07) is 53.6. The minimum Gasteiger partial charge on any atom is -0.299 e. The van der Waals surface area contributed by atoms with Crippen molar-refractivity contribution < 1.29 is 0 Å². The summed E-state index contributed by atoms with van der Waals surface area (Å²) in [6.45, 7) is 0. The van der Waals surface area contributed by atoms with Crippen LogP contribution in [0.25, 0.3) is 82.9 Å². The van der Waals surface area contributed by atoms with Crippen LogP contribution in [0.3, 0.4) is 0 Å². The SMILES string of the molecule is c1ccc(-c2ccc(-c3ccc4c(c3)c3ccccc3c3nc5cc(-c6cccc(-c7ccccc7)c6)ccn5c43)nc2)cc1. The molecular weight excluding hydrogens is 546 g/mol. The van der Waals surface area contributed by atoms with Gasteiger partial charge in [-0.25, -0.2) is 4.98 Å². The molecule has 3 heterocycles. The molecule has 0 fully saturated rings. The van der Waals surface area contributed by atoms with Gasteiger partial charge >= 0.3 is 0 Å². The fourth-order valence-electron chi connectivity index (χ4n) is 6.60. The van der Waals surface area contributed by atoms with Gasteiger partial charge in [-0.2, -0.15) is 0 Å². The van der Waals surface area contributed by atoms with Gasteiger partial charge in [0.1, 0.15) is 5.65 Å². The second-order valence-electron chi connectivity index (χ2n) is 11.5. The molecule has 210 valence electrons. The molecule has 6 aromatic carbocycles. The summed E-state index contributed by atoms with van der Waals surface area (Å²) >= 11 is 0. The fourth-order valence-corrected chi connectivity index (χ4v) is 6.60. The molecule has 0 aliphatic rings. The topological polar surface area (TPSA) is 30.2 Å². The van der Waals surface area contributed by atoms with E-state index in [2.05, 4.69) is 156 Å². The van der Waals surface area contributed by atoms with Crippen molar-refractivity contribution in [2.24, 2.45) is 0 Å². The number of nitrogens with zero attached hydrogens (tertiary/aromatic N) is 3. The summed E-state index contributed by atoms with van der Waals surface area (Å²) in [6.07, 6.45) is 4.13. The summed E-state index contributed by atoms with van der Waals surface area (Å²) in [4.78, 5) is 10.1. The van der Waals surface area contributed by atoms with Crippen LogP contribution in [0.2, 0.25) is 0 Å². The van der Waals surface area contributed by atoms with Gasteiger partial charge in [-0.15, -0.1) is 0 Å². The van der Waals surface area contributed by atoms with Crippen LogP contribution in [-0.2, 0) is 0 Å². The number of benzene rings is 6. The number of imidazole rings is 1. The van der Waals surface area contributed by atoms with Gasteiger partial charge in [0.05, 0.1) is 16.7 Å². The van der Waals surface area contributed by atoms with Gasteiger partial charge < -0.3 is 0 Å². The number of rotatable bonds is 4. The second kappa shape index (κ2) is 10.3. The molecule has 0 bridgehead atoms. The molecule has 0 spiro atoms.